The first kappa shape index (κ1) is 22.8. The number of aliphatic hydroxyl groups excluding tert-OH is 1. The lowest BCUT2D eigenvalue weighted by molar-refractivity contribution is -0.146. The summed E-state index contributed by atoms with van der Waals surface area (Å²) in [7, 11) is 0. The van der Waals surface area contributed by atoms with Crippen molar-refractivity contribution in [2.24, 2.45) is 0 Å². The summed E-state index contributed by atoms with van der Waals surface area (Å²) < 4.78 is 39.0. The van der Waals surface area contributed by atoms with E-state index in [0.717, 1.165) is 51.0 Å². The van der Waals surface area contributed by atoms with Crippen LogP contribution < -0.4 is 0 Å². The Kier molecular flexibility index (Phi) is 6.35. The number of aliphatic hydroxyl groups is 1. The van der Waals surface area contributed by atoms with Crippen molar-refractivity contribution in [1.29, 1.82) is 0 Å². The third kappa shape index (κ3) is 4.56. The predicted octanol–water partition coefficient (Wildman–Crippen LogP) is 5.83. The van der Waals surface area contributed by atoms with Crippen molar-refractivity contribution in [2.45, 2.75) is 75.0 Å². The highest BCUT2D eigenvalue weighted by atomic mass is 19.4. The highest BCUT2D eigenvalue weighted by Gasteiger charge is 2.43. The van der Waals surface area contributed by atoms with Crippen LogP contribution in [-0.2, 0) is 5.41 Å². The van der Waals surface area contributed by atoms with Gasteiger partial charge in [0.15, 0.2) is 0 Å². The molecule has 1 amide bonds. The number of nitrogens with zero attached hydrogens (tertiary/aromatic N) is 1. The number of alkyl halides is 3. The first-order valence-electron chi connectivity index (χ1n) is 11.4. The van der Waals surface area contributed by atoms with Crippen LogP contribution in [-0.4, -0.2) is 40.8 Å². The molecule has 0 unspecified atom stereocenters. The Hall–Kier alpha value is -2.34. The van der Waals surface area contributed by atoms with Crippen molar-refractivity contribution in [3.8, 4) is 0 Å². The van der Waals surface area contributed by atoms with Crippen LogP contribution in [0, 0.1) is 0 Å². The number of rotatable bonds is 6. The summed E-state index contributed by atoms with van der Waals surface area (Å²) in [6.07, 6.45) is 0.853. The first-order chi connectivity index (χ1) is 15.2. The monoisotopic (exact) mass is 445 g/mol. The molecular weight excluding hydrogens is 415 g/mol. The van der Waals surface area contributed by atoms with Gasteiger partial charge < -0.3 is 10.0 Å². The molecule has 2 saturated carbocycles. The molecule has 1 N–H and O–H groups in total. The Morgan fingerprint density at radius 3 is 2.06 bits per heavy atom. The molecule has 2 fully saturated rings. The zero-order chi connectivity index (χ0) is 22.9. The molecule has 0 saturated heterocycles. The van der Waals surface area contributed by atoms with Gasteiger partial charge >= 0.3 is 6.18 Å². The van der Waals surface area contributed by atoms with E-state index in [1.54, 1.807) is 0 Å². The smallest absolute Gasteiger partial charge is 0.395 e. The van der Waals surface area contributed by atoms with Gasteiger partial charge in [-0.05, 0) is 68.7 Å². The van der Waals surface area contributed by atoms with Gasteiger partial charge in [-0.2, -0.15) is 13.2 Å². The van der Waals surface area contributed by atoms with Crippen molar-refractivity contribution in [2.75, 3.05) is 6.61 Å². The van der Waals surface area contributed by atoms with Crippen molar-refractivity contribution < 1.29 is 23.1 Å². The number of halogens is 3. The highest BCUT2D eigenvalue weighted by molar-refractivity contribution is 5.95. The molecule has 0 aliphatic heterocycles. The summed E-state index contributed by atoms with van der Waals surface area (Å²) in [6, 6.07) is 16.3. The van der Waals surface area contributed by atoms with E-state index in [4.69, 9.17) is 0 Å². The van der Waals surface area contributed by atoms with Crippen molar-refractivity contribution >= 4 is 5.91 Å². The standard InChI is InChI=1S/C26H30F3NO2/c1-18(26(27,28)29)19-7-9-20(10-8-19)24(32)30(22-11-12-22)23-13-15-25(17-31,16-14-23)21-5-3-2-4-6-21/h2-10,18,22-23,31H,11-17H2,1H3/t18-,23?,25?/m1/s1. The van der Waals surface area contributed by atoms with E-state index in [1.165, 1.54) is 24.3 Å². The lowest BCUT2D eigenvalue weighted by Crippen LogP contribution is -2.47. The molecule has 1 atom stereocenters. The lowest BCUT2D eigenvalue weighted by atomic mass is 9.68. The Bertz CT molecular complexity index is 914. The average molecular weight is 446 g/mol. The Morgan fingerprint density at radius 2 is 1.56 bits per heavy atom. The maximum absolute atomic E-state index is 13.4. The van der Waals surface area contributed by atoms with Crippen LogP contribution in [0.2, 0.25) is 0 Å². The van der Waals surface area contributed by atoms with E-state index in [9.17, 15) is 23.1 Å². The molecular formula is C26H30F3NO2. The second kappa shape index (κ2) is 8.89. The molecule has 0 bridgehead atoms. The van der Waals surface area contributed by atoms with E-state index in [-0.39, 0.29) is 35.6 Å². The van der Waals surface area contributed by atoms with Gasteiger partial charge in [-0.3, -0.25) is 4.79 Å². The summed E-state index contributed by atoms with van der Waals surface area (Å²) >= 11 is 0. The van der Waals surface area contributed by atoms with Gasteiger partial charge in [0.05, 0.1) is 12.5 Å². The van der Waals surface area contributed by atoms with Gasteiger partial charge in [0.2, 0.25) is 0 Å². The molecule has 4 rings (SSSR count). The number of hydrogen-bond donors (Lipinski definition) is 1. The Morgan fingerprint density at radius 1 is 1.00 bits per heavy atom. The number of benzene rings is 2. The van der Waals surface area contributed by atoms with Gasteiger partial charge in [-0.25, -0.2) is 0 Å². The fourth-order valence-electron chi connectivity index (χ4n) is 5.00. The van der Waals surface area contributed by atoms with E-state index >= 15 is 0 Å². The molecule has 2 aromatic carbocycles. The van der Waals surface area contributed by atoms with Gasteiger partial charge in [0.1, 0.15) is 0 Å². The molecule has 172 valence electrons. The fourth-order valence-corrected chi connectivity index (χ4v) is 5.00. The van der Waals surface area contributed by atoms with Gasteiger partial charge in [-0.1, -0.05) is 42.5 Å². The Labute approximate surface area is 187 Å². The van der Waals surface area contributed by atoms with Crippen molar-refractivity contribution in [1.82, 2.24) is 4.90 Å². The zero-order valence-corrected chi connectivity index (χ0v) is 18.3. The van der Waals surface area contributed by atoms with Gasteiger partial charge in [-0.15, -0.1) is 0 Å². The third-order valence-electron chi connectivity index (χ3n) is 7.32. The van der Waals surface area contributed by atoms with E-state index < -0.39 is 12.1 Å². The van der Waals surface area contributed by atoms with Crippen LogP contribution in [0.25, 0.3) is 0 Å². The van der Waals surface area contributed by atoms with Crippen LogP contribution in [0.5, 0.6) is 0 Å². The topological polar surface area (TPSA) is 40.5 Å². The Balaban J connectivity index is 1.48. The van der Waals surface area contributed by atoms with Crippen molar-refractivity contribution in [3.63, 3.8) is 0 Å². The second-order valence-corrected chi connectivity index (χ2v) is 9.36. The molecule has 2 aliphatic rings. The lowest BCUT2D eigenvalue weighted by Gasteiger charge is -2.43. The largest absolute Gasteiger partial charge is 0.395 e. The van der Waals surface area contributed by atoms with Crippen LogP contribution in [0.4, 0.5) is 13.2 Å². The number of amides is 1. The molecule has 0 radical (unpaired) electrons. The molecule has 2 aliphatic carbocycles. The molecule has 0 spiro atoms. The molecule has 2 aromatic rings. The van der Waals surface area contributed by atoms with E-state index in [0.29, 0.717) is 5.56 Å². The maximum Gasteiger partial charge on any atom is 0.395 e. The molecule has 32 heavy (non-hydrogen) atoms. The zero-order valence-electron chi connectivity index (χ0n) is 18.3. The minimum Gasteiger partial charge on any atom is -0.395 e. The summed E-state index contributed by atoms with van der Waals surface area (Å²) in [5.74, 6) is -1.66. The highest BCUT2D eigenvalue weighted by Crippen LogP contribution is 2.43. The van der Waals surface area contributed by atoms with Crippen LogP contribution >= 0.6 is 0 Å². The maximum atomic E-state index is 13.4. The molecule has 3 nitrogen and oxygen atoms in total. The van der Waals surface area contributed by atoms with Crippen LogP contribution in [0.1, 0.15) is 72.9 Å². The normalized spacial score (nSPS) is 24.7. The predicted molar refractivity (Wildman–Crippen MR) is 118 cm³/mol. The summed E-state index contributed by atoms with van der Waals surface area (Å²) in [4.78, 5) is 15.3. The fraction of sp³-hybridized carbons (Fsp3) is 0.500. The quantitative estimate of drug-likeness (QED) is 0.608. The number of hydrogen-bond acceptors (Lipinski definition) is 2. The van der Waals surface area contributed by atoms with Gasteiger partial charge in [0, 0.05) is 23.1 Å². The number of carbonyl (C=O) groups excluding carboxylic acids is 1. The second-order valence-electron chi connectivity index (χ2n) is 9.36. The minimum atomic E-state index is -4.30. The van der Waals surface area contributed by atoms with E-state index in [2.05, 4.69) is 12.1 Å². The van der Waals surface area contributed by atoms with E-state index in [1.807, 2.05) is 23.1 Å². The average Bonchev–Trinajstić information content (AvgIpc) is 3.64. The summed E-state index contributed by atoms with van der Waals surface area (Å²) in [5, 5.41) is 10.2. The number of carbonyl (C=O) groups is 1. The summed E-state index contributed by atoms with van der Waals surface area (Å²) in [6.45, 7) is 1.22. The van der Waals surface area contributed by atoms with Gasteiger partial charge in [0.25, 0.3) is 5.91 Å². The van der Waals surface area contributed by atoms with Crippen LogP contribution in [0.15, 0.2) is 54.6 Å². The van der Waals surface area contributed by atoms with Crippen LogP contribution in [0.3, 0.4) is 0 Å². The molecule has 0 heterocycles. The molecule has 6 heteroatoms. The summed E-state index contributed by atoms with van der Waals surface area (Å²) in [5.41, 5.74) is 1.47. The SMILES string of the molecule is C[C@H](c1ccc(C(=O)N(C2CC2)C2CCC(CO)(c3ccccc3)CC2)cc1)C(F)(F)F. The third-order valence-corrected chi connectivity index (χ3v) is 7.32. The first-order valence-corrected chi connectivity index (χ1v) is 11.4. The van der Waals surface area contributed by atoms with Crippen molar-refractivity contribution in [3.05, 3.63) is 71.3 Å². The molecule has 0 aromatic heterocycles. The minimum absolute atomic E-state index is 0.0833.